The molecule has 0 atom stereocenters. The molecule has 0 unspecified atom stereocenters. The zero-order chi connectivity index (χ0) is 14.9. The van der Waals surface area contributed by atoms with Gasteiger partial charge in [0.2, 0.25) is 0 Å². The van der Waals surface area contributed by atoms with E-state index in [0.29, 0.717) is 18.4 Å². The maximum atomic E-state index is 14.2. The van der Waals surface area contributed by atoms with E-state index in [1.165, 1.54) is 6.07 Å². The molecule has 0 bridgehead atoms. The quantitative estimate of drug-likeness (QED) is 0.893. The first-order chi connectivity index (χ1) is 9.38. The Labute approximate surface area is 117 Å². The van der Waals surface area contributed by atoms with Crippen molar-refractivity contribution < 1.29 is 18.7 Å². The van der Waals surface area contributed by atoms with Crippen LogP contribution in [0.4, 0.5) is 8.78 Å². The number of carboxylic acids is 1. The van der Waals surface area contributed by atoms with Crippen LogP contribution in [0.5, 0.6) is 0 Å². The molecular formula is C16H20F2O2. The fourth-order valence-electron chi connectivity index (χ4n) is 3.13. The summed E-state index contributed by atoms with van der Waals surface area (Å²) in [5.41, 5.74) is -0.665. The van der Waals surface area contributed by atoms with E-state index in [9.17, 15) is 18.7 Å². The molecule has 1 fully saturated rings. The molecule has 1 aromatic carbocycles. The van der Waals surface area contributed by atoms with Crippen molar-refractivity contribution in [1.29, 1.82) is 0 Å². The lowest BCUT2D eigenvalue weighted by molar-refractivity contribution is -0.145. The molecule has 2 nitrogen and oxygen atoms in total. The van der Waals surface area contributed by atoms with Gasteiger partial charge in [-0.2, -0.15) is 0 Å². The Morgan fingerprint density at radius 2 is 1.75 bits per heavy atom. The van der Waals surface area contributed by atoms with Crippen molar-refractivity contribution >= 4 is 5.97 Å². The number of aliphatic carboxylic acids is 1. The maximum Gasteiger partial charge on any atom is 0.314 e. The van der Waals surface area contributed by atoms with Crippen LogP contribution in [-0.2, 0) is 10.2 Å². The van der Waals surface area contributed by atoms with E-state index >= 15 is 0 Å². The highest BCUT2D eigenvalue weighted by atomic mass is 19.1. The largest absolute Gasteiger partial charge is 0.481 e. The second-order valence-electron chi connectivity index (χ2n) is 5.96. The fourth-order valence-corrected chi connectivity index (χ4v) is 3.13. The van der Waals surface area contributed by atoms with Crippen LogP contribution in [0.25, 0.3) is 0 Å². The summed E-state index contributed by atoms with van der Waals surface area (Å²) in [4.78, 5) is 11.7. The molecule has 0 saturated heterocycles. The van der Waals surface area contributed by atoms with Crippen molar-refractivity contribution in [1.82, 2.24) is 0 Å². The van der Waals surface area contributed by atoms with Gasteiger partial charge in [-0.1, -0.05) is 33.1 Å². The molecule has 1 aromatic rings. The van der Waals surface area contributed by atoms with Crippen LogP contribution in [-0.4, -0.2) is 11.1 Å². The topological polar surface area (TPSA) is 37.3 Å². The van der Waals surface area contributed by atoms with Gasteiger partial charge in [-0.05, 0) is 30.4 Å². The van der Waals surface area contributed by atoms with Gasteiger partial charge >= 0.3 is 5.97 Å². The van der Waals surface area contributed by atoms with E-state index in [-0.39, 0.29) is 11.5 Å². The first-order valence-electron chi connectivity index (χ1n) is 7.11. The highest BCUT2D eigenvalue weighted by Gasteiger charge is 2.43. The average molecular weight is 282 g/mol. The first kappa shape index (κ1) is 14.9. The Kier molecular flexibility index (Phi) is 4.11. The van der Waals surface area contributed by atoms with Crippen LogP contribution in [0, 0.1) is 11.6 Å². The molecule has 1 aliphatic carbocycles. The number of halogens is 2. The van der Waals surface area contributed by atoms with Gasteiger partial charge in [0.1, 0.15) is 11.6 Å². The number of hydrogen-bond acceptors (Lipinski definition) is 1. The molecule has 1 saturated carbocycles. The highest BCUT2D eigenvalue weighted by molar-refractivity contribution is 5.81. The van der Waals surface area contributed by atoms with Crippen LogP contribution in [0.15, 0.2) is 12.1 Å². The van der Waals surface area contributed by atoms with Gasteiger partial charge in [0.25, 0.3) is 0 Å². The van der Waals surface area contributed by atoms with Gasteiger partial charge in [0.05, 0.1) is 5.41 Å². The standard InChI is InChI=1S/C16H20F2O2/c1-10(2)11-8-12(14(18)9-13(11)17)16(15(19)20)6-4-3-5-7-16/h8-10H,3-7H2,1-2H3,(H,19,20). The van der Waals surface area contributed by atoms with Gasteiger partial charge in [-0.3, -0.25) is 4.79 Å². The Balaban J connectivity index is 2.59. The summed E-state index contributed by atoms with van der Waals surface area (Å²) < 4.78 is 28.0. The zero-order valence-corrected chi connectivity index (χ0v) is 11.9. The Morgan fingerprint density at radius 3 is 2.25 bits per heavy atom. The molecule has 0 radical (unpaired) electrons. The average Bonchev–Trinajstić information content (AvgIpc) is 2.38. The van der Waals surface area contributed by atoms with Crippen LogP contribution in [0.1, 0.15) is 63.0 Å². The predicted molar refractivity (Wildman–Crippen MR) is 72.8 cm³/mol. The number of carboxylic acid groups (broad SMARTS) is 1. The minimum atomic E-state index is -1.19. The summed E-state index contributed by atoms with van der Waals surface area (Å²) in [6.07, 6.45) is 3.33. The Morgan fingerprint density at radius 1 is 1.15 bits per heavy atom. The molecule has 0 heterocycles. The maximum absolute atomic E-state index is 14.2. The Bertz CT molecular complexity index is 517. The van der Waals surface area contributed by atoms with Crippen LogP contribution in [0.2, 0.25) is 0 Å². The third-order valence-corrected chi connectivity index (χ3v) is 4.34. The number of rotatable bonds is 3. The third-order valence-electron chi connectivity index (χ3n) is 4.34. The SMILES string of the molecule is CC(C)c1cc(C2(C(=O)O)CCCCC2)c(F)cc1F. The van der Waals surface area contributed by atoms with Crippen molar-refractivity contribution in [3.05, 3.63) is 34.9 Å². The smallest absolute Gasteiger partial charge is 0.314 e. The second kappa shape index (κ2) is 5.51. The van der Waals surface area contributed by atoms with Gasteiger partial charge < -0.3 is 5.11 Å². The lowest BCUT2D eigenvalue weighted by Crippen LogP contribution is -2.39. The van der Waals surface area contributed by atoms with Crippen LogP contribution >= 0.6 is 0 Å². The number of carbonyl (C=O) groups is 1. The summed E-state index contributed by atoms with van der Waals surface area (Å²) in [6, 6.07) is 2.26. The minimum absolute atomic E-state index is 0.108. The van der Waals surface area contributed by atoms with Crippen molar-refractivity contribution in [3.63, 3.8) is 0 Å². The zero-order valence-electron chi connectivity index (χ0n) is 11.9. The van der Waals surface area contributed by atoms with Crippen molar-refractivity contribution in [2.45, 2.75) is 57.3 Å². The summed E-state index contributed by atoms with van der Waals surface area (Å²) in [6.45, 7) is 3.63. The van der Waals surface area contributed by atoms with E-state index in [4.69, 9.17) is 0 Å². The van der Waals surface area contributed by atoms with Gasteiger partial charge in [-0.15, -0.1) is 0 Å². The fraction of sp³-hybridized carbons (Fsp3) is 0.562. The predicted octanol–water partition coefficient (Wildman–Crippen LogP) is 4.37. The van der Waals surface area contributed by atoms with Gasteiger partial charge in [0.15, 0.2) is 0 Å². The lowest BCUT2D eigenvalue weighted by Gasteiger charge is -2.34. The molecule has 0 spiro atoms. The third kappa shape index (κ3) is 2.43. The molecule has 4 heteroatoms. The van der Waals surface area contributed by atoms with E-state index in [1.807, 2.05) is 13.8 Å². The number of benzene rings is 1. The monoisotopic (exact) mass is 282 g/mol. The molecule has 1 N–H and O–H groups in total. The lowest BCUT2D eigenvalue weighted by atomic mass is 9.68. The molecule has 110 valence electrons. The number of hydrogen-bond donors (Lipinski definition) is 1. The van der Waals surface area contributed by atoms with Crippen LogP contribution in [0.3, 0.4) is 0 Å². The van der Waals surface area contributed by atoms with Crippen molar-refractivity contribution in [3.8, 4) is 0 Å². The first-order valence-corrected chi connectivity index (χ1v) is 7.11. The normalized spacial score (nSPS) is 18.2. The van der Waals surface area contributed by atoms with Crippen molar-refractivity contribution in [2.75, 3.05) is 0 Å². The summed E-state index contributed by atoms with van der Waals surface area (Å²) in [5, 5.41) is 9.61. The van der Waals surface area contributed by atoms with Crippen molar-refractivity contribution in [2.24, 2.45) is 0 Å². The van der Waals surface area contributed by atoms with Gasteiger partial charge in [-0.25, -0.2) is 8.78 Å². The van der Waals surface area contributed by atoms with E-state index in [1.54, 1.807) is 0 Å². The minimum Gasteiger partial charge on any atom is -0.481 e. The molecular weight excluding hydrogens is 262 g/mol. The molecule has 2 rings (SSSR count). The summed E-state index contributed by atoms with van der Waals surface area (Å²) in [7, 11) is 0. The van der Waals surface area contributed by atoms with E-state index < -0.39 is 23.0 Å². The van der Waals surface area contributed by atoms with Gasteiger partial charge in [0, 0.05) is 11.6 Å². The summed E-state index contributed by atoms with van der Waals surface area (Å²) >= 11 is 0. The Hall–Kier alpha value is -1.45. The molecule has 0 aromatic heterocycles. The second-order valence-corrected chi connectivity index (χ2v) is 5.96. The molecule has 20 heavy (non-hydrogen) atoms. The molecule has 0 aliphatic heterocycles. The van der Waals surface area contributed by atoms with E-state index in [0.717, 1.165) is 25.3 Å². The molecule has 1 aliphatic rings. The molecule has 0 amide bonds. The van der Waals surface area contributed by atoms with E-state index in [2.05, 4.69) is 0 Å². The summed E-state index contributed by atoms with van der Waals surface area (Å²) in [5.74, 6) is -2.45. The van der Waals surface area contributed by atoms with Crippen LogP contribution < -0.4 is 0 Å². The highest BCUT2D eigenvalue weighted by Crippen LogP contribution is 2.42.